The van der Waals surface area contributed by atoms with Crippen molar-refractivity contribution in [2.45, 2.75) is 38.1 Å². The molecule has 0 radical (unpaired) electrons. The summed E-state index contributed by atoms with van der Waals surface area (Å²) in [6.07, 6.45) is 6.80. The van der Waals surface area contributed by atoms with E-state index in [0.717, 1.165) is 30.2 Å². The molecule has 2 aliphatic rings. The van der Waals surface area contributed by atoms with Crippen molar-refractivity contribution in [3.05, 3.63) is 63.2 Å². The molecule has 1 saturated carbocycles. The minimum absolute atomic E-state index is 0.0660. The number of phenols is 1. The summed E-state index contributed by atoms with van der Waals surface area (Å²) >= 11 is 4.62. The summed E-state index contributed by atoms with van der Waals surface area (Å²) in [4.78, 5) is 19.9. The van der Waals surface area contributed by atoms with Crippen LogP contribution in [0.15, 0.2) is 56.8 Å². The normalized spacial score (nSPS) is 20.8. The summed E-state index contributed by atoms with van der Waals surface area (Å²) < 4.78 is 15.0. The smallest absolute Gasteiger partial charge is 0.267 e. The molecule has 1 saturated heterocycles. The molecule has 1 heterocycles. The molecule has 2 aromatic rings. The summed E-state index contributed by atoms with van der Waals surface area (Å²) in [7, 11) is 0. The number of amides is 1. The fraction of sp³-hybridized carbons (Fsp3) is 0.273. The Kier molecular flexibility index (Phi) is 6.06. The Morgan fingerprint density at radius 1 is 1.17 bits per heavy atom. The van der Waals surface area contributed by atoms with Crippen molar-refractivity contribution in [2.24, 2.45) is 4.99 Å². The highest BCUT2D eigenvalue weighted by Gasteiger charge is 2.38. The molecule has 1 amide bonds. The molecule has 7 heteroatoms. The number of nitrogens with zero attached hydrogens (tertiary/aromatic N) is 2. The van der Waals surface area contributed by atoms with Crippen molar-refractivity contribution in [3.63, 3.8) is 0 Å². The van der Waals surface area contributed by atoms with Crippen molar-refractivity contribution in [3.8, 4) is 5.75 Å². The fourth-order valence-electron chi connectivity index (χ4n) is 3.65. The topological polar surface area (TPSA) is 52.9 Å². The molecular weight excluding hydrogens is 455 g/mol. The monoisotopic (exact) mass is 474 g/mol. The van der Waals surface area contributed by atoms with Gasteiger partial charge in [0.1, 0.15) is 17.3 Å². The second-order valence-electron chi connectivity index (χ2n) is 7.13. The molecule has 1 aliphatic carbocycles. The molecular formula is C22H20BrFN2O2S. The molecule has 150 valence electrons. The number of halogens is 2. The number of hydrogen-bond donors (Lipinski definition) is 1. The summed E-state index contributed by atoms with van der Waals surface area (Å²) in [5.74, 6) is -0.465. The molecule has 0 unspecified atom stereocenters. The minimum atomic E-state index is -0.418. The van der Waals surface area contributed by atoms with Crippen molar-refractivity contribution in [1.82, 2.24) is 4.90 Å². The number of benzene rings is 2. The third-order valence-corrected chi connectivity index (χ3v) is 6.60. The zero-order valence-corrected chi connectivity index (χ0v) is 18.0. The van der Waals surface area contributed by atoms with E-state index >= 15 is 0 Å². The second-order valence-corrected chi connectivity index (χ2v) is 9.05. The van der Waals surface area contributed by atoms with E-state index in [1.54, 1.807) is 47.4 Å². The Hall–Kier alpha value is -2.12. The fourth-order valence-corrected chi connectivity index (χ4v) is 5.07. The molecule has 4 nitrogen and oxygen atoms in total. The number of carbonyl (C=O) groups excluding carboxylic acids is 1. The SMILES string of the molecule is O=C1/C(=C/c2cc(Br)ccc2O)SC(=Nc2ccccc2F)N1C1CCCCC1. The number of thioether (sulfide) groups is 1. The third kappa shape index (κ3) is 4.41. The average Bonchev–Trinajstić information content (AvgIpc) is 3.02. The number of phenolic OH excluding ortho intramolecular Hbond substituents is 1. The van der Waals surface area contributed by atoms with Crippen LogP contribution < -0.4 is 0 Å². The van der Waals surface area contributed by atoms with Gasteiger partial charge in [-0.2, -0.15) is 0 Å². The quantitative estimate of drug-likeness (QED) is 0.536. The predicted octanol–water partition coefficient (Wildman–Crippen LogP) is 6.23. The van der Waals surface area contributed by atoms with Gasteiger partial charge in [0, 0.05) is 16.1 Å². The van der Waals surface area contributed by atoms with E-state index in [9.17, 15) is 14.3 Å². The lowest BCUT2D eigenvalue weighted by Gasteiger charge is -2.30. The van der Waals surface area contributed by atoms with Crippen LogP contribution in [0.4, 0.5) is 10.1 Å². The van der Waals surface area contributed by atoms with Gasteiger partial charge in [0.2, 0.25) is 0 Å². The Morgan fingerprint density at radius 2 is 1.93 bits per heavy atom. The first kappa shape index (κ1) is 20.2. The first-order valence-corrected chi connectivity index (χ1v) is 11.2. The maximum atomic E-state index is 14.2. The number of amidine groups is 1. The standard InChI is InChI=1S/C22H20BrFN2O2S/c23-15-10-11-19(27)14(12-15)13-20-21(28)26(16-6-2-1-3-7-16)22(29-20)25-18-9-5-4-8-17(18)24/h4-5,8-13,16,27H,1-3,6-7H2/b20-13-,25-22?. The Balaban J connectivity index is 1.74. The highest BCUT2D eigenvalue weighted by atomic mass is 79.9. The van der Waals surface area contributed by atoms with E-state index in [2.05, 4.69) is 20.9 Å². The predicted molar refractivity (Wildman–Crippen MR) is 119 cm³/mol. The molecule has 0 aromatic heterocycles. The van der Waals surface area contributed by atoms with E-state index in [0.29, 0.717) is 15.6 Å². The summed E-state index contributed by atoms with van der Waals surface area (Å²) in [6, 6.07) is 11.4. The lowest BCUT2D eigenvalue weighted by molar-refractivity contribution is -0.124. The van der Waals surface area contributed by atoms with E-state index < -0.39 is 5.82 Å². The molecule has 1 N–H and O–H groups in total. The van der Waals surface area contributed by atoms with E-state index in [4.69, 9.17) is 0 Å². The zero-order chi connectivity index (χ0) is 20.4. The highest BCUT2D eigenvalue weighted by molar-refractivity contribution is 9.10. The summed E-state index contributed by atoms with van der Waals surface area (Å²) in [5.41, 5.74) is 0.765. The summed E-state index contributed by atoms with van der Waals surface area (Å²) in [6.45, 7) is 0. The second kappa shape index (κ2) is 8.71. The lowest BCUT2D eigenvalue weighted by Crippen LogP contribution is -2.40. The third-order valence-electron chi connectivity index (χ3n) is 5.12. The van der Waals surface area contributed by atoms with Gasteiger partial charge in [-0.05, 0) is 61.0 Å². The maximum Gasteiger partial charge on any atom is 0.267 e. The average molecular weight is 475 g/mol. The van der Waals surface area contributed by atoms with Gasteiger partial charge in [-0.3, -0.25) is 9.69 Å². The van der Waals surface area contributed by atoms with E-state index in [1.165, 1.54) is 24.2 Å². The number of hydrogen-bond acceptors (Lipinski definition) is 4. The number of aromatic hydroxyl groups is 1. The van der Waals surface area contributed by atoms with Crippen LogP contribution in [-0.4, -0.2) is 27.1 Å². The van der Waals surface area contributed by atoms with Crippen LogP contribution in [0.1, 0.15) is 37.7 Å². The number of para-hydroxylation sites is 1. The summed E-state index contributed by atoms with van der Waals surface area (Å²) in [5, 5.41) is 10.6. The van der Waals surface area contributed by atoms with Crippen molar-refractivity contribution in [1.29, 1.82) is 0 Å². The van der Waals surface area contributed by atoms with Crippen molar-refractivity contribution < 1.29 is 14.3 Å². The van der Waals surface area contributed by atoms with Crippen LogP contribution in [0.3, 0.4) is 0 Å². The first-order valence-electron chi connectivity index (χ1n) is 9.58. The van der Waals surface area contributed by atoms with Gasteiger partial charge < -0.3 is 5.11 Å². The lowest BCUT2D eigenvalue weighted by atomic mass is 9.94. The largest absolute Gasteiger partial charge is 0.507 e. The number of carbonyl (C=O) groups is 1. The molecule has 0 atom stereocenters. The van der Waals surface area contributed by atoms with Crippen LogP contribution in [0.2, 0.25) is 0 Å². The molecule has 29 heavy (non-hydrogen) atoms. The van der Waals surface area contributed by atoms with Gasteiger partial charge in [-0.25, -0.2) is 9.38 Å². The van der Waals surface area contributed by atoms with Crippen LogP contribution in [0.25, 0.3) is 6.08 Å². The van der Waals surface area contributed by atoms with E-state index in [-0.39, 0.29) is 23.4 Å². The van der Waals surface area contributed by atoms with Gasteiger partial charge in [-0.1, -0.05) is 47.3 Å². The molecule has 0 bridgehead atoms. The molecule has 2 fully saturated rings. The molecule has 4 rings (SSSR count). The van der Waals surface area contributed by atoms with Crippen molar-refractivity contribution >= 4 is 50.5 Å². The first-order chi connectivity index (χ1) is 14.0. The zero-order valence-electron chi connectivity index (χ0n) is 15.6. The van der Waals surface area contributed by atoms with Gasteiger partial charge in [0.15, 0.2) is 5.17 Å². The molecule has 2 aromatic carbocycles. The number of rotatable bonds is 3. The molecule has 1 aliphatic heterocycles. The maximum absolute atomic E-state index is 14.2. The number of aliphatic imine (C=N–C) groups is 1. The van der Waals surface area contributed by atoms with Gasteiger partial charge in [-0.15, -0.1) is 0 Å². The van der Waals surface area contributed by atoms with Crippen molar-refractivity contribution in [2.75, 3.05) is 0 Å². The van der Waals surface area contributed by atoms with Crippen LogP contribution in [0.5, 0.6) is 5.75 Å². The van der Waals surface area contributed by atoms with E-state index in [1.807, 2.05) is 0 Å². The van der Waals surface area contributed by atoms with Crippen LogP contribution in [-0.2, 0) is 4.79 Å². The van der Waals surface area contributed by atoms with Gasteiger partial charge in [0.25, 0.3) is 5.91 Å². The minimum Gasteiger partial charge on any atom is -0.507 e. The van der Waals surface area contributed by atoms with Crippen LogP contribution >= 0.6 is 27.7 Å². The Morgan fingerprint density at radius 3 is 2.69 bits per heavy atom. The highest BCUT2D eigenvalue weighted by Crippen LogP contribution is 2.39. The van der Waals surface area contributed by atoms with Crippen LogP contribution in [0, 0.1) is 5.82 Å². The van der Waals surface area contributed by atoms with Gasteiger partial charge >= 0.3 is 0 Å². The van der Waals surface area contributed by atoms with Gasteiger partial charge in [0.05, 0.1) is 4.91 Å². The Labute approximate surface area is 181 Å². The molecule has 0 spiro atoms. The Bertz CT molecular complexity index is 1000.